The number of carbonyl (C=O) groups excluding carboxylic acids is 1. The van der Waals surface area contributed by atoms with E-state index in [0.717, 1.165) is 38.5 Å². The van der Waals surface area contributed by atoms with Gasteiger partial charge in [-0.3, -0.25) is 9.59 Å². The highest BCUT2D eigenvalue weighted by Gasteiger charge is 2.31. The first kappa shape index (κ1) is 18.7. The Balaban J connectivity index is 1.53. The third-order valence-electron chi connectivity index (χ3n) is 5.47. The van der Waals surface area contributed by atoms with E-state index in [9.17, 15) is 14.7 Å². The molecule has 1 aromatic carbocycles. The summed E-state index contributed by atoms with van der Waals surface area (Å²) in [5.41, 5.74) is 0.670. The number of benzene rings is 1. The van der Waals surface area contributed by atoms with Crippen LogP contribution >= 0.6 is 0 Å². The number of aliphatic hydroxyl groups is 1. The second-order valence-corrected chi connectivity index (χ2v) is 7.42. The summed E-state index contributed by atoms with van der Waals surface area (Å²) in [6, 6.07) is 7.13. The van der Waals surface area contributed by atoms with E-state index >= 15 is 0 Å². The third-order valence-corrected chi connectivity index (χ3v) is 5.47. The average Bonchev–Trinajstić information content (AvgIpc) is 2.65. The van der Waals surface area contributed by atoms with E-state index in [0.29, 0.717) is 24.3 Å². The molecule has 0 aromatic heterocycles. The number of carbonyl (C=O) groups is 2. The molecular formula is C20H27NO5. The fraction of sp³-hybridized carbons (Fsp3) is 0.600. The van der Waals surface area contributed by atoms with E-state index in [1.807, 2.05) is 0 Å². The fourth-order valence-electron chi connectivity index (χ4n) is 3.90. The molecule has 1 aromatic rings. The molecule has 2 aliphatic rings. The van der Waals surface area contributed by atoms with Crippen molar-refractivity contribution >= 4 is 17.6 Å². The molecule has 0 saturated heterocycles. The first-order chi connectivity index (χ1) is 12.5. The molecule has 4 atom stereocenters. The predicted molar refractivity (Wildman–Crippen MR) is 97.0 cm³/mol. The minimum absolute atomic E-state index is 0.118. The maximum absolute atomic E-state index is 12.4. The smallest absolute Gasteiger partial charge is 0.306 e. The molecule has 2 saturated carbocycles. The van der Waals surface area contributed by atoms with Crippen molar-refractivity contribution < 1.29 is 24.5 Å². The van der Waals surface area contributed by atoms with Gasteiger partial charge in [0.25, 0.3) is 0 Å². The van der Waals surface area contributed by atoms with Crippen LogP contribution in [0.1, 0.15) is 51.4 Å². The van der Waals surface area contributed by atoms with Crippen molar-refractivity contribution in [3.8, 4) is 5.75 Å². The zero-order valence-electron chi connectivity index (χ0n) is 14.9. The lowest BCUT2D eigenvalue weighted by molar-refractivity contribution is -0.143. The van der Waals surface area contributed by atoms with Gasteiger partial charge in [-0.2, -0.15) is 0 Å². The van der Waals surface area contributed by atoms with E-state index in [1.165, 1.54) is 0 Å². The minimum Gasteiger partial charge on any atom is -0.488 e. The number of amides is 1. The molecule has 2 aliphatic carbocycles. The van der Waals surface area contributed by atoms with Crippen LogP contribution in [-0.2, 0) is 9.59 Å². The van der Waals surface area contributed by atoms with Crippen LogP contribution in [-0.4, -0.2) is 34.3 Å². The molecule has 4 unspecified atom stereocenters. The SMILES string of the molecule is O=C(O)C1CCCC(C(=O)Nc2ccc(OC3CCCCC3O)cc2)C1. The van der Waals surface area contributed by atoms with Crippen molar-refractivity contribution in [2.45, 2.75) is 63.6 Å². The molecule has 142 valence electrons. The highest BCUT2D eigenvalue weighted by molar-refractivity contribution is 5.93. The summed E-state index contributed by atoms with van der Waals surface area (Å²) in [5, 5.41) is 22.0. The predicted octanol–water partition coefficient (Wildman–Crippen LogP) is 3.20. The van der Waals surface area contributed by atoms with E-state index in [4.69, 9.17) is 9.84 Å². The van der Waals surface area contributed by atoms with Crippen LogP contribution in [0.3, 0.4) is 0 Å². The van der Waals surface area contributed by atoms with Crippen LogP contribution in [0, 0.1) is 11.8 Å². The number of nitrogens with one attached hydrogen (secondary N) is 1. The lowest BCUT2D eigenvalue weighted by Crippen LogP contribution is -2.34. The second kappa shape index (κ2) is 8.54. The number of rotatable bonds is 5. The molecule has 0 aliphatic heterocycles. The molecule has 6 heteroatoms. The van der Waals surface area contributed by atoms with Crippen molar-refractivity contribution in [3.63, 3.8) is 0 Å². The summed E-state index contributed by atoms with van der Waals surface area (Å²) >= 11 is 0. The minimum atomic E-state index is -0.811. The monoisotopic (exact) mass is 361 g/mol. The van der Waals surface area contributed by atoms with Crippen molar-refractivity contribution in [1.29, 1.82) is 0 Å². The maximum Gasteiger partial charge on any atom is 0.306 e. The number of aliphatic carboxylic acids is 1. The molecule has 1 amide bonds. The molecule has 0 spiro atoms. The Morgan fingerprint density at radius 2 is 1.65 bits per heavy atom. The molecule has 2 fully saturated rings. The molecule has 0 radical (unpaired) electrons. The highest BCUT2D eigenvalue weighted by atomic mass is 16.5. The summed E-state index contributed by atoms with van der Waals surface area (Å²) in [5.74, 6) is -0.922. The van der Waals surface area contributed by atoms with E-state index in [1.54, 1.807) is 24.3 Å². The van der Waals surface area contributed by atoms with Crippen LogP contribution < -0.4 is 10.1 Å². The quantitative estimate of drug-likeness (QED) is 0.748. The molecule has 6 nitrogen and oxygen atoms in total. The lowest BCUT2D eigenvalue weighted by Gasteiger charge is -2.28. The van der Waals surface area contributed by atoms with Gasteiger partial charge in [0.15, 0.2) is 0 Å². The van der Waals surface area contributed by atoms with Crippen molar-refractivity contribution in [3.05, 3.63) is 24.3 Å². The van der Waals surface area contributed by atoms with Crippen LogP contribution in [0.15, 0.2) is 24.3 Å². The lowest BCUT2D eigenvalue weighted by atomic mass is 9.81. The van der Waals surface area contributed by atoms with Crippen LogP contribution in [0.5, 0.6) is 5.75 Å². The van der Waals surface area contributed by atoms with E-state index in [-0.39, 0.29) is 17.9 Å². The topological polar surface area (TPSA) is 95.9 Å². The van der Waals surface area contributed by atoms with Crippen molar-refractivity contribution in [2.24, 2.45) is 11.8 Å². The first-order valence-corrected chi connectivity index (χ1v) is 9.51. The van der Waals surface area contributed by atoms with Gasteiger partial charge in [-0.05, 0) is 62.8 Å². The molecular weight excluding hydrogens is 334 g/mol. The Hall–Kier alpha value is -2.08. The van der Waals surface area contributed by atoms with Crippen molar-refractivity contribution in [2.75, 3.05) is 5.32 Å². The summed E-state index contributed by atoms with van der Waals surface area (Å²) in [6.07, 6.45) is 5.70. The van der Waals surface area contributed by atoms with Gasteiger partial charge in [0.05, 0.1) is 12.0 Å². The largest absolute Gasteiger partial charge is 0.488 e. The molecule has 26 heavy (non-hydrogen) atoms. The number of aliphatic hydroxyl groups excluding tert-OH is 1. The van der Waals surface area contributed by atoms with Crippen LogP contribution in [0.25, 0.3) is 0 Å². The number of hydrogen-bond acceptors (Lipinski definition) is 4. The Kier molecular flexibility index (Phi) is 6.14. The van der Waals surface area contributed by atoms with Gasteiger partial charge in [0.1, 0.15) is 11.9 Å². The van der Waals surface area contributed by atoms with Gasteiger partial charge in [0, 0.05) is 11.6 Å². The van der Waals surface area contributed by atoms with Gasteiger partial charge < -0.3 is 20.3 Å². The first-order valence-electron chi connectivity index (χ1n) is 9.51. The van der Waals surface area contributed by atoms with Crippen LogP contribution in [0.4, 0.5) is 5.69 Å². The summed E-state index contributed by atoms with van der Waals surface area (Å²) in [6.45, 7) is 0. The third kappa shape index (κ3) is 4.75. The summed E-state index contributed by atoms with van der Waals surface area (Å²) in [4.78, 5) is 23.6. The molecule has 3 rings (SSSR count). The van der Waals surface area contributed by atoms with Crippen LogP contribution in [0.2, 0.25) is 0 Å². The number of carboxylic acid groups (broad SMARTS) is 1. The van der Waals surface area contributed by atoms with E-state index in [2.05, 4.69) is 5.32 Å². The number of anilines is 1. The summed E-state index contributed by atoms with van der Waals surface area (Å²) < 4.78 is 5.86. The second-order valence-electron chi connectivity index (χ2n) is 7.42. The Bertz CT molecular complexity index is 630. The average molecular weight is 361 g/mol. The van der Waals surface area contributed by atoms with Gasteiger partial charge in [-0.25, -0.2) is 0 Å². The van der Waals surface area contributed by atoms with E-state index < -0.39 is 18.0 Å². The fourth-order valence-corrected chi connectivity index (χ4v) is 3.90. The highest BCUT2D eigenvalue weighted by Crippen LogP contribution is 2.30. The van der Waals surface area contributed by atoms with Gasteiger partial charge in [-0.1, -0.05) is 12.8 Å². The maximum atomic E-state index is 12.4. The standard InChI is InChI=1S/C20H27NO5/c22-17-6-1-2-7-18(17)26-16-10-8-15(9-11-16)21-19(23)13-4-3-5-14(12-13)20(24)25/h8-11,13-14,17-18,22H,1-7,12H2,(H,21,23)(H,24,25). The van der Waals surface area contributed by atoms with Gasteiger partial charge in [-0.15, -0.1) is 0 Å². The number of hydrogen-bond donors (Lipinski definition) is 3. The van der Waals surface area contributed by atoms with Gasteiger partial charge in [0.2, 0.25) is 5.91 Å². The van der Waals surface area contributed by atoms with Crippen molar-refractivity contribution in [1.82, 2.24) is 0 Å². The zero-order valence-corrected chi connectivity index (χ0v) is 14.9. The molecule has 0 heterocycles. The van der Waals surface area contributed by atoms with Gasteiger partial charge >= 0.3 is 5.97 Å². The number of ether oxygens (including phenoxy) is 1. The summed E-state index contributed by atoms with van der Waals surface area (Å²) in [7, 11) is 0. The zero-order chi connectivity index (χ0) is 18.5. The Morgan fingerprint density at radius 1 is 0.962 bits per heavy atom. The molecule has 3 N–H and O–H groups in total. The normalized spacial score (nSPS) is 29.0. The Labute approximate surface area is 153 Å². The number of carboxylic acids is 1. The molecule has 0 bridgehead atoms. The Morgan fingerprint density at radius 3 is 2.35 bits per heavy atom.